The molecule has 0 saturated carbocycles. The molecule has 0 aliphatic carbocycles. The zero-order chi connectivity index (χ0) is 21.1. The van der Waals surface area contributed by atoms with E-state index in [0.717, 1.165) is 16.3 Å². The number of alkyl halides is 1. The second kappa shape index (κ2) is 8.63. The highest BCUT2D eigenvalue weighted by Gasteiger charge is 2.12. The Labute approximate surface area is 182 Å². The van der Waals surface area contributed by atoms with Crippen molar-refractivity contribution in [3.05, 3.63) is 84.1 Å². The highest BCUT2D eigenvalue weighted by molar-refractivity contribution is 9.09. The molecule has 4 aromatic rings. The molecule has 2 aromatic carbocycles. The summed E-state index contributed by atoms with van der Waals surface area (Å²) in [7, 11) is 0. The van der Waals surface area contributed by atoms with Gasteiger partial charge < -0.3 is 10.4 Å². The zero-order valence-electron chi connectivity index (χ0n) is 16.3. The molecule has 4 rings (SSSR count). The second-order valence-electron chi connectivity index (χ2n) is 7.11. The van der Waals surface area contributed by atoms with E-state index in [9.17, 15) is 9.90 Å². The fraction of sp³-hybridized carbons (Fsp3) is 0.125. The molecule has 0 spiro atoms. The highest BCUT2D eigenvalue weighted by atomic mass is 79.9. The largest absolute Gasteiger partial charge is 0.507 e. The van der Waals surface area contributed by atoms with Crippen molar-refractivity contribution in [1.82, 2.24) is 9.97 Å². The molecule has 0 aliphatic heterocycles. The molecule has 0 fully saturated rings. The number of amides is 1. The Morgan fingerprint density at radius 2 is 1.90 bits per heavy atom. The maximum atomic E-state index is 12.6. The molecular weight excluding hydrogens is 442 g/mol. The number of phenols is 1. The van der Waals surface area contributed by atoms with Gasteiger partial charge in [0.05, 0.1) is 0 Å². The third-order valence-corrected chi connectivity index (χ3v) is 5.96. The first-order valence-corrected chi connectivity index (χ1v) is 10.7. The number of anilines is 1. The molecule has 1 unspecified atom stereocenters. The Morgan fingerprint density at radius 3 is 2.63 bits per heavy atom. The lowest BCUT2D eigenvalue weighted by Crippen LogP contribution is -2.13. The molecule has 5 nitrogen and oxygen atoms in total. The summed E-state index contributed by atoms with van der Waals surface area (Å²) in [5.74, 6) is 0.530. The lowest BCUT2D eigenvalue weighted by Gasteiger charge is -2.11. The number of aromatic hydroxyl groups is 1. The van der Waals surface area contributed by atoms with Crippen LogP contribution < -0.4 is 5.32 Å². The molecule has 6 heteroatoms. The Hall–Kier alpha value is -3.25. The van der Waals surface area contributed by atoms with E-state index in [2.05, 4.69) is 50.3 Å². The number of nitrogens with one attached hydrogen (secondary N) is 1. The number of pyridine rings is 2. The summed E-state index contributed by atoms with van der Waals surface area (Å²) in [5, 5.41) is 15.1. The molecule has 150 valence electrons. The molecule has 0 aliphatic rings. The zero-order valence-corrected chi connectivity index (χ0v) is 17.9. The van der Waals surface area contributed by atoms with Crippen molar-refractivity contribution >= 4 is 38.7 Å². The number of halogens is 1. The Bertz CT molecular complexity index is 1210. The molecule has 0 saturated heterocycles. The molecule has 2 N–H and O–H groups in total. The van der Waals surface area contributed by atoms with Crippen molar-refractivity contribution in [3.63, 3.8) is 0 Å². The first-order chi connectivity index (χ1) is 14.5. The predicted molar refractivity (Wildman–Crippen MR) is 123 cm³/mol. The van der Waals surface area contributed by atoms with E-state index >= 15 is 0 Å². The number of benzene rings is 2. The molecule has 2 heterocycles. The molecule has 2 aromatic heterocycles. The minimum Gasteiger partial charge on any atom is -0.507 e. The van der Waals surface area contributed by atoms with Crippen LogP contribution in [0.1, 0.15) is 28.8 Å². The fourth-order valence-electron chi connectivity index (χ4n) is 3.21. The van der Waals surface area contributed by atoms with Crippen LogP contribution in [0, 0.1) is 0 Å². The number of aromatic nitrogens is 2. The summed E-state index contributed by atoms with van der Waals surface area (Å²) in [6, 6.07) is 20.3. The number of fused-ring (bicyclic) bond motifs is 1. The number of hydrogen-bond donors (Lipinski definition) is 2. The fourth-order valence-corrected chi connectivity index (χ4v) is 3.58. The standard InChI is InChI=1S/C24H20BrN3O2/c1-15(14-25)16-4-6-17(7-5-16)20-10-8-19(13-21(20)29)24(30)28-22-11-9-18-3-2-12-26-23(18)27-22/h2-13,15,29H,14H2,1H3,(H,26,27,28,30). The van der Waals surface area contributed by atoms with Crippen LogP contribution in [0.25, 0.3) is 22.2 Å². The third kappa shape index (κ3) is 4.19. The van der Waals surface area contributed by atoms with E-state index in [1.807, 2.05) is 30.3 Å². The number of phenolic OH excluding ortho intramolecular Hbond substituents is 1. The number of rotatable bonds is 5. The molecule has 1 amide bonds. The summed E-state index contributed by atoms with van der Waals surface area (Å²) in [6.45, 7) is 2.15. The van der Waals surface area contributed by atoms with Gasteiger partial charge in [-0.15, -0.1) is 0 Å². The normalized spacial score (nSPS) is 11.9. The topological polar surface area (TPSA) is 75.1 Å². The number of hydrogen-bond acceptors (Lipinski definition) is 4. The van der Waals surface area contributed by atoms with Gasteiger partial charge in [0.15, 0.2) is 5.65 Å². The number of nitrogens with zero attached hydrogens (tertiary/aromatic N) is 2. The van der Waals surface area contributed by atoms with Crippen molar-refractivity contribution in [2.45, 2.75) is 12.8 Å². The van der Waals surface area contributed by atoms with Crippen molar-refractivity contribution in [2.24, 2.45) is 0 Å². The van der Waals surface area contributed by atoms with Crippen molar-refractivity contribution < 1.29 is 9.90 Å². The average Bonchev–Trinajstić information content (AvgIpc) is 2.78. The summed E-state index contributed by atoms with van der Waals surface area (Å²) >= 11 is 3.50. The second-order valence-corrected chi connectivity index (χ2v) is 7.76. The summed E-state index contributed by atoms with van der Waals surface area (Å²) in [4.78, 5) is 21.2. The Balaban J connectivity index is 1.53. The van der Waals surface area contributed by atoms with Crippen molar-refractivity contribution in [3.8, 4) is 16.9 Å². The van der Waals surface area contributed by atoms with Gasteiger partial charge in [0, 0.05) is 28.0 Å². The minimum absolute atomic E-state index is 0.0528. The van der Waals surface area contributed by atoms with Gasteiger partial charge in [0.25, 0.3) is 5.91 Å². The number of carbonyl (C=O) groups excluding carboxylic acids is 1. The van der Waals surface area contributed by atoms with Gasteiger partial charge in [0.1, 0.15) is 11.6 Å². The van der Waals surface area contributed by atoms with Crippen LogP contribution in [-0.2, 0) is 0 Å². The van der Waals surface area contributed by atoms with E-state index in [0.29, 0.717) is 28.5 Å². The average molecular weight is 462 g/mol. The van der Waals surface area contributed by atoms with Crippen LogP contribution in [0.15, 0.2) is 72.9 Å². The van der Waals surface area contributed by atoms with Crippen LogP contribution in [0.4, 0.5) is 5.82 Å². The lowest BCUT2D eigenvalue weighted by molar-refractivity contribution is 0.102. The van der Waals surface area contributed by atoms with Crippen LogP contribution in [0.2, 0.25) is 0 Å². The first-order valence-electron chi connectivity index (χ1n) is 9.57. The van der Waals surface area contributed by atoms with Crippen molar-refractivity contribution in [2.75, 3.05) is 10.6 Å². The maximum absolute atomic E-state index is 12.6. The van der Waals surface area contributed by atoms with Crippen LogP contribution in [0.3, 0.4) is 0 Å². The maximum Gasteiger partial charge on any atom is 0.256 e. The van der Waals surface area contributed by atoms with E-state index in [1.54, 1.807) is 24.4 Å². The molecular formula is C24H20BrN3O2. The quantitative estimate of drug-likeness (QED) is 0.370. The van der Waals surface area contributed by atoms with Gasteiger partial charge in [-0.3, -0.25) is 4.79 Å². The smallest absolute Gasteiger partial charge is 0.256 e. The highest BCUT2D eigenvalue weighted by Crippen LogP contribution is 2.31. The van der Waals surface area contributed by atoms with Gasteiger partial charge in [-0.05, 0) is 59.5 Å². The summed E-state index contributed by atoms with van der Waals surface area (Å²) in [5.41, 5.74) is 3.71. The van der Waals surface area contributed by atoms with E-state index in [-0.39, 0.29) is 11.7 Å². The predicted octanol–water partition coefficient (Wildman–Crippen LogP) is 5.75. The monoisotopic (exact) mass is 461 g/mol. The minimum atomic E-state index is -0.346. The Kier molecular flexibility index (Phi) is 5.77. The summed E-state index contributed by atoms with van der Waals surface area (Å²) in [6.07, 6.45) is 1.66. The van der Waals surface area contributed by atoms with Crippen LogP contribution >= 0.6 is 15.9 Å². The SMILES string of the molecule is CC(CBr)c1ccc(-c2ccc(C(=O)Nc3ccc4cccnc4n3)cc2O)cc1. The molecule has 30 heavy (non-hydrogen) atoms. The molecule has 0 bridgehead atoms. The molecule has 0 radical (unpaired) electrons. The first kappa shape index (κ1) is 20.0. The van der Waals surface area contributed by atoms with E-state index in [1.165, 1.54) is 11.6 Å². The van der Waals surface area contributed by atoms with Crippen LogP contribution in [-0.4, -0.2) is 26.3 Å². The van der Waals surface area contributed by atoms with E-state index < -0.39 is 0 Å². The van der Waals surface area contributed by atoms with Crippen molar-refractivity contribution in [1.29, 1.82) is 0 Å². The third-order valence-electron chi connectivity index (χ3n) is 4.99. The lowest BCUT2D eigenvalue weighted by atomic mass is 9.97. The summed E-state index contributed by atoms with van der Waals surface area (Å²) < 4.78 is 0. The van der Waals surface area contributed by atoms with Crippen LogP contribution in [0.5, 0.6) is 5.75 Å². The van der Waals surface area contributed by atoms with E-state index in [4.69, 9.17) is 0 Å². The van der Waals surface area contributed by atoms with Gasteiger partial charge >= 0.3 is 0 Å². The van der Waals surface area contributed by atoms with Gasteiger partial charge in [-0.1, -0.05) is 47.1 Å². The molecule has 1 atom stereocenters. The van der Waals surface area contributed by atoms with Gasteiger partial charge in [-0.2, -0.15) is 0 Å². The van der Waals surface area contributed by atoms with Gasteiger partial charge in [-0.25, -0.2) is 9.97 Å². The Morgan fingerprint density at radius 1 is 1.10 bits per heavy atom. The number of carbonyl (C=O) groups is 1. The van der Waals surface area contributed by atoms with Gasteiger partial charge in [0.2, 0.25) is 0 Å².